The molecule has 6 heteroatoms. The van der Waals surface area contributed by atoms with Gasteiger partial charge >= 0.3 is 0 Å². The highest BCUT2D eigenvalue weighted by molar-refractivity contribution is 7.18. The van der Waals surface area contributed by atoms with Gasteiger partial charge in [-0.3, -0.25) is 0 Å². The molecule has 70 heavy (non-hydrogen) atoms. The standard InChI is InChI=1S/2C32H36S2Si/c2*1-7-21(4)35(22(5)8-2,23(6)9-3)15-12-28-29-19-31-24(10-13-33-31)16-26(29)18-27-17-25-11-14-34-32(25)20-30(27)28/h2*10-11,13-14,16-23H,7-9H2,1-6H3/t2*21-,22-,23+/m11/s1. The van der Waals surface area contributed by atoms with Crippen LogP contribution in [0.15, 0.2) is 106 Å². The average Bonchev–Trinajstić information content (AvgIpc) is 4.23. The highest BCUT2D eigenvalue weighted by Crippen LogP contribution is 2.48. The van der Waals surface area contributed by atoms with E-state index < -0.39 is 16.1 Å². The Balaban J connectivity index is 0.000000174. The quantitative estimate of drug-likeness (QED) is 0.0650. The van der Waals surface area contributed by atoms with Gasteiger partial charge in [0.25, 0.3) is 0 Å². The smallest absolute Gasteiger partial charge is 0.144 e. The van der Waals surface area contributed by atoms with Crippen LogP contribution in [0.25, 0.3) is 83.4 Å². The Bertz CT molecular complexity index is 3160. The van der Waals surface area contributed by atoms with Gasteiger partial charge in [0, 0.05) is 29.9 Å². The minimum Gasteiger partial charge on any atom is -0.144 e. The van der Waals surface area contributed by atoms with Crippen LogP contribution in [-0.4, -0.2) is 16.1 Å². The van der Waals surface area contributed by atoms with Gasteiger partial charge in [-0.05, 0) is 204 Å². The molecule has 0 N–H and O–H groups in total. The molecule has 0 aliphatic rings. The third-order valence-electron chi connectivity index (χ3n) is 17.6. The molecule has 360 valence electrons. The Hall–Kier alpha value is -4.25. The van der Waals surface area contributed by atoms with Crippen molar-refractivity contribution >= 4 is 145 Å². The van der Waals surface area contributed by atoms with Crippen LogP contribution in [0.5, 0.6) is 0 Å². The molecule has 0 spiro atoms. The summed E-state index contributed by atoms with van der Waals surface area (Å²) in [5.74, 6) is 7.90. The molecule has 0 aliphatic carbocycles. The normalized spacial score (nSPS) is 14.9. The summed E-state index contributed by atoms with van der Waals surface area (Å²) in [5.41, 5.74) is 15.0. The summed E-state index contributed by atoms with van der Waals surface area (Å²) in [6.07, 6.45) is 7.32. The maximum Gasteiger partial charge on any atom is 0.147 e. The van der Waals surface area contributed by atoms with E-state index in [1.807, 2.05) is 45.3 Å². The Labute approximate surface area is 436 Å². The van der Waals surface area contributed by atoms with Gasteiger partial charge in [0.05, 0.1) is 0 Å². The fourth-order valence-corrected chi connectivity index (χ4v) is 27.7. The van der Waals surface area contributed by atoms with E-state index in [9.17, 15) is 0 Å². The first-order valence-corrected chi connectivity index (χ1v) is 34.4. The van der Waals surface area contributed by atoms with Crippen LogP contribution in [-0.2, 0) is 0 Å². The van der Waals surface area contributed by atoms with Crippen LogP contribution < -0.4 is 0 Å². The van der Waals surface area contributed by atoms with Crippen LogP contribution in [0.2, 0.25) is 33.2 Å². The van der Waals surface area contributed by atoms with Gasteiger partial charge in [-0.15, -0.1) is 56.4 Å². The average molecular weight is 1030 g/mol. The van der Waals surface area contributed by atoms with E-state index >= 15 is 0 Å². The molecule has 0 aliphatic heterocycles. The molecule has 0 nitrogen and oxygen atoms in total. The second-order valence-electron chi connectivity index (χ2n) is 20.9. The van der Waals surface area contributed by atoms with Gasteiger partial charge in [-0.25, -0.2) is 0 Å². The fourth-order valence-electron chi connectivity index (χ4n) is 12.4. The summed E-state index contributed by atoms with van der Waals surface area (Å²) in [5, 5.41) is 24.7. The summed E-state index contributed by atoms with van der Waals surface area (Å²) < 4.78 is 5.41. The van der Waals surface area contributed by atoms with E-state index in [0.29, 0.717) is 33.2 Å². The fraction of sp³-hybridized carbons (Fsp3) is 0.375. The van der Waals surface area contributed by atoms with E-state index in [1.165, 1.54) is 133 Å². The van der Waals surface area contributed by atoms with Crippen molar-refractivity contribution < 1.29 is 0 Å². The molecule has 10 rings (SSSR count). The van der Waals surface area contributed by atoms with Gasteiger partial charge in [0.15, 0.2) is 0 Å². The van der Waals surface area contributed by atoms with E-state index in [1.54, 1.807) is 0 Å². The maximum atomic E-state index is 4.17. The second kappa shape index (κ2) is 21.1. The Morgan fingerprint density at radius 2 is 0.543 bits per heavy atom. The maximum absolute atomic E-state index is 4.17. The van der Waals surface area contributed by atoms with Crippen molar-refractivity contribution in [3.05, 3.63) is 118 Å². The van der Waals surface area contributed by atoms with Gasteiger partial charge in [-0.1, -0.05) is 133 Å². The van der Waals surface area contributed by atoms with Gasteiger partial charge < -0.3 is 0 Å². The molecule has 10 aromatic rings. The predicted molar refractivity (Wildman–Crippen MR) is 328 cm³/mol. The summed E-state index contributed by atoms with van der Waals surface area (Å²) in [6.45, 7) is 29.2. The summed E-state index contributed by atoms with van der Waals surface area (Å²) in [7, 11) is -3.80. The van der Waals surface area contributed by atoms with Gasteiger partial charge in [0.2, 0.25) is 0 Å². The molecule has 0 fully saturated rings. The van der Waals surface area contributed by atoms with Crippen molar-refractivity contribution in [2.45, 2.75) is 155 Å². The lowest BCUT2D eigenvalue weighted by Gasteiger charge is -2.41. The van der Waals surface area contributed by atoms with Crippen LogP contribution in [0.4, 0.5) is 0 Å². The number of thiophene rings is 4. The lowest BCUT2D eigenvalue weighted by Crippen LogP contribution is -2.45. The molecule has 4 heterocycles. The summed E-state index contributed by atoms with van der Waals surface area (Å²) in [4.78, 5) is 0. The van der Waals surface area contributed by atoms with E-state index in [4.69, 9.17) is 0 Å². The first-order valence-electron chi connectivity index (χ1n) is 26.4. The molecular formula is C64H72S4Si2. The number of rotatable bonds is 12. The van der Waals surface area contributed by atoms with Gasteiger partial charge in [0.1, 0.15) is 16.1 Å². The molecule has 6 aromatic carbocycles. The number of benzene rings is 6. The molecule has 0 unspecified atom stereocenters. The van der Waals surface area contributed by atoms with Crippen LogP contribution in [0.1, 0.15) is 133 Å². The zero-order valence-electron chi connectivity index (χ0n) is 43.7. The molecule has 0 saturated heterocycles. The third-order valence-corrected chi connectivity index (χ3v) is 34.4. The number of hydrogen-bond acceptors (Lipinski definition) is 4. The largest absolute Gasteiger partial charge is 0.147 e. The van der Waals surface area contributed by atoms with E-state index in [-0.39, 0.29) is 0 Å². The second-order valence-corrected chi connectivity index (χ2v) is 34.8. The zero-order chi connectivity index (χ0) is 49.5. The van der Waals surface area contributed by atoms with Crippen LogP contribution in [0, 0.1) is 22.9 Å². The molecule has 0 saturated carbocycles. The first kappa shape index (κ1) is 50.7. The lowest BCUT2D eigenvalue weighted by atomic mass is 9.96. The highest BCUT2D eigenvalue weighted by Gasteiger charge is 2.46. The minimum atomic E-state index is -1.90. The molecule has 0 amide bonds. The minimum absolute atomic E-state index is 0.689. The van der Waals surface area contributed by atoms with Crippen molar-refractivity contribution in [3.8, 4) is 22.9 Å². The zero-order valence-corrected chi connectivity index (χ0v) is 49.0. The Morgan fingerprint density at radius 1 is 0.329 bits per heavy atom. The van der Waals surface area contributed by atoms with Crippen molar-refractivity contribution in [1.29, 1.82) is 0 Å². The molecule has 0 radical (unpaired) electrons. The predicted octanol–water partition coefficient (Wildman–Crippen LogP) is 22.3. The Morgan fingerprint density at radius 3 is 0.757 bits per heavy atom. The molecule has 6 atom stereocenters. The highest BCUT2D eigenvalue weighted by atomic mass is 32.1. The van der Waals surface area contributed by atoms with E-state index in [0.717, 1.165) is 0 Å². The van der Waals surface area contributed by atoms with Crippen molar-refractivity contribution in [3.63, 3.8) is 0 Å². The molecule has 4 aromatic heterocycles. The van der Waals surface area contributed by atoms with E-state index in [2.05, 4.69) is 212 Å². The molecular weight excluding hydrogens is 953 g/mol. The van der Waals surface area contributed by atoms with Crippen molar-refractivity contribution in [1.82, 2.24) is 0 Å². The topological polar surface area (TPSA) is 0 Å². The van der Waals surface area contributed by atoms with Crippen molar-refractivity contribution in [2.75, 3.05) is 0 Å². The Kier molecular flexibility index (Phi) is 15.3. The number of fused-ring (bicyclic) bond motifs is 8. The van der Waals surface area contributed by atoms with Crippen LogP contribution in [0.3, 0.4) is 0 Å². The summed E-state index contributed by atoms with van der Waals surface area (Å²) in [6, 6.07) is 32.8. The lowest BCUT2D eigenvalue weighted by molar-refractivity contribution is 0.702. The van der Waals surface area contributed by atoms with Gasteiger partial charge in [-0.2, -0.15) is 0 Å². The van der Waals surface area contributed by atoms with Crippen molar-refractivity contribution in [2.24, 2.45) is 0 Å². The first-order chi connectivity index (χ1) is 33.8. The van der Waals surface area contributed by atoms with Crippen LogP contribution >= 0.6 is 45.3 Å². The monoisotopic (exact) mass is 1020 g/mol. The third kappa shape index (κ3) is 8.92. The summed E-state index contributed by atoms with van der Waals surface area (Å²) >= 11 is 7.33. The number of hydrogen-bond donors (Lipinski definition) is 0. The SMILES string of the molecule is CC[C@@H](C)[Si](C#Cc1c2cc3sccc3cc2cc2cc3ccsc3cc12)([C@H](C)CC)[C@@H](C)CC.CC[C@@H](C)[Si](C#Cc1c2cc3sccc3cc2cc2cc3ccsc3cc12)([C@H](C)CC)[C@@H](C)CC. The molecule has 0 bridgehead atoms.